The summed E-state index contributed by atoms with van der Waals surface area (Å²) < 4.78 is 0. The smallest absolute Gasteiger partial charge is 0.318 e. The van der Waals surface area contributed by atoms with Crippen LogP contribution in [0.15, 0.2) is 0 Å². The highest BCUT2D eigenvalue weighted by atomic mass is 16.2. The maximum Gasteiger partial charge on any atom is 0.318 e. The average Bonchev–Trinajstić information content (AvgIpc) is 2.35. The number of carbonyl (C=O) groups excluding carboxylic acids is 3. The Kier molecular flexibility index (Phi) is 5.57. The van der Waals surface area contributed by atoms with Crippen LogP contribution in [0.25, 0.3) is 0 Å². The predicted molar refractivity (Wildman–Crippen MR) is 65.6 cm³/mol. The molecule has 4 N–H and O–H groups in total. The molecule has 7 nitrogen and oxygen atoms in total. The molecule has 0 aromatic rings. The fraction of sp³-hybridized carbons (Fsp3) is 0.727. The summed E-state index contributed by atoms with van der Waals surface area (Å²) in [6.45, 7) is 3.22. The largest absolute Gasteiger partial charge is 0.351 e. The Morgan fingerprint density at radius 2 is 1.83 bits per heavy atom. The minimum absolute atomic E-state index is 0.0200. The zero-order chi connectivity index (χ0) is 13.5. The number of amides is 4. The number of hydrogen-bond donors (Lipinski definition) is 3. The van der Waals surface area contributed by atoms with Crippen LogP contribution in [0, 0.1) is 0 Å². The maximum absolute atomic E-state index is 11.8. The lowest BCUT2D eigenvalue weighted by Crippen LogP contribution is -2.49. The first-order valence-electron chi connectivity index (χ1n) is 6.12. The third-order valence-corrected chi connectivity index (χ3v) is 2.91. The van der Waals surface area contributed by atoms with Crippen LogP contribution in [-0.4, -0.2) is 48.4 Å². The van der Waals surface area contributed by atoms with Gasteiger partial charge in [0.25, 0.3) is 0 Å². The predicted octanol–water partition coefficient (Wildman–Crippen LogP) is -0.828. The Bertz CT molecular complexity index is 326. The lowest BCUT2D eigenvalue weighted by atomic mass is 10.1. The van der Waals surface area contributed by atoms with E-state index in [-0.39, 0.29) is 12.5 Å². The van der Waals surface area contributed by atoms with E-state index in [1.807, 2.05) is 5.32 Å². The summed E-state index contributed by atoms with van der Waals surface area (Å²) in [5, 5.41) is 4.73. The van der Waals surface area contributed by atoms with Gasteiger partial charge in [-0.2, -0.15) is 0 Å². The number of urea groups is 1. The Hall–Kier alpha value is -1.63. The van der Waals surface area contributed by atoms with E-state index in [9.17, 15) is 14.4 Å². The van der Waals surface area contributed by atoms with E-state index in [1.165, 1.54) is 0 Å². The molecule has 102 valence electrons. The van der Waals surface area contributed by atoms with Gasteiger partial charge in [0.05, 0.1) is 12.6 Å². The standard InChI is InChI=1S/C11H20N4O3/c1-8(10(17)14-11(12)18)13-7-9(16)15-5-3-2-4-6-15/h8,13H,2-7H2,1H3,(H3,12,14,17,18). The summed E-state index contributed by atoms with van der Waals surface area (Å²) >= 11 is 0. The van der Waals surface area contributed by atoms with Gasteiger partial charge in [-0.1, -0.05) is 0 Å². The summed E-state index contributed by atoms with van der Waals surface area (Å²) in [6.07, 6.45) is 3.22. The molecule has 1 saturated heterocycles. The molecule has 0 aromatic carbocycles. The molecular weight excluding hydrogens is 236 g/mol. The lowest BCUT2D eigenvalue weighted by Gasteiger charge is -2.27. The van der Waals surface area contributed by atoms with Crippen LogP contribution in [0.2, 0.25) is 0 Å². The minimum atomic E-state index is -0.893. The van der Waals surface area contributed by atoms with Gasteiger partial charge < -0.3 is 10.6 Å². The van der Waals surface area contributed by atoms with Gasteiger partial charge in [0.15, 0.2) is 0 Å². The normalized spacial score (nSPS) is 17.1. The van der Waals surface area contributed by atoms with Crippen molar-refractivity contribution in [3.63, 3.8) is 0 Å². The summed E-state index contributed by atoms with van der Waals surface area (Å²) in [5.41, 5.74) is 4.83. The van der Waals surface area contributed by atoms with E-state index in [0.29, 0.717) is 0 Å². The molecule has 1 aliphatic rings. The molecule has 18 heavy (non-hydrogen) atoms. The first-order valence-corrected chi connectivity index (χ1v) is 6.12. The molecule has 4 amide bonds. The van der Waals surface area contributed by atoms with Gasteiger partial charge in [0.1, 0.15) is 0 Å². The van der Waals surface area contributed by atoms with Crippen molar-refractivity contribution in [3.05, 3.63) is 0 Å². The number of imide groups is 1. The second-order valence-corrected chi connectivity index (χ2v) is 4.40. The molecule has 1 unspecified atom stereocenters. The third-order valence-electron chi connectivity index (χ3n) is 2.91. The highest BCUT2D eigenvalue weighted by Gasteiger charge is 2.19. The number of hydrogen-bond acceptors (Lipinski definition) is 4. The summed E-state index contributed by atoms with van der Waals surface area (Å²) in [7, 11) is 0. The molecular formula is C11H20N4O3. The number of piperidine rings is 1. The Balaban J connectivity index is 2.28. The van der Waals surface area contributed by atoms with Crippen molar-refractivity contribution in [2.24, 2.45) is 5.73 Å². The van der Waals surface area contributed by atoms with Crippen LogP contribution in [-0.2, 0) is 9.59 Å². The number of nitrogens with zero attached hydrogens (tertiary/aromatic N) is 1. The van der Waals surface area contributed by atoms with E-state index in [4.69, 9.17) is 5.73 Å². The maximum atomic E-state index is 11.8. The molecule has 0 radical (unpaired) electrons. The van der Waals surface area contributed by atoms with E-state index >= 15 is 0 Å². The number of nitrogens with one attached hydrogen (secondary N) is 2. The summed E-state index contributed by atoms with van der Waals surface area (Å²) in [5.74, 6) is -0.553. The second-order valence-electron chi connectivity index (χ2n) is 4.40. The number of nitrogens with two attached hydrogens (primary N) is 1. The molecule has 1 heterocycles. The number of primary amides is 1. The monoisotopic (exact) mass is 256 g/mol. The van der Waals surface area contributed by atoms with E-state index in [2.05, 4.69) is 5.32 Å². The average molecular weight is 256 g/mol. The SMILES string of the molecule is CC(NCC(=O)N1CCCCC1)C(=O)NC(N)=O. The van der Waals surface area contributed by atoms with Gasteiger partial charge in [0, 0.05) is 13.1 Å². The van der Waals surface area contributed by atoms with Crippen molar-refractivity contribution in [3.8, 4) is 0 Å². The molecule has 0 saturated carbocycles. The highest BCUT2D eigenvalue weighted by molar-refractivity contribution is 5.96. The molecule has 0 bridgehead atoms. The summed E-state index contributed by atoms with van der Waals surface area (Å²) in [4.78, 5) is 35.4. The first-order chi connectivity index (χ1) is 8.50. The Morgan fingerprint density at radius 3 is 2.39 bits per heavy atom. The zero-order valence-corrected chi connectivity index (χ0v) is 10.6. The molecule has 7 heteroatoms. The van der Waals surface area contributed by atoms with E-state index in [1.54, 1.807) is 11.8 Å². The minimum Gasteiger partial charge on any atom is -0.351 e. The van der Waals surface area contributed by atoms with Crippen molar-refractivity contribution >= 4 is 17.8 Å². The van der Waals surface area contributed by atoms with Crippen LogP contribution >= 0.6 is 0 Å². The van der Waals surface area contributed by atoms with Gasteiger partial charge in [0.2, 0.25) is 11.8 Å². The van der Waals surface area contributed by atoms with E-state index in [0.717, 1.165) is 32.4 Å². The van der Waals surface area contributed by atoms with Crippen molar-refractivity contribution in [2.45, 2.75) is 32.2 Å². The molecule has 1 atom stereocenters. The number of likely N-dealkylation sites (tertiary alicyclic amines) is 1. The zero-order valence-electron chi connectivity index (χ0n) is 10.6. The molecule has 1 aliphatic heterocycles. The van der Waals surface area contributed by atoms with Gasteiger partial charge in [-0.25, -0.2) is 4.79 Å². The van der Waals surface area contributed by atoms with E-state index < -0.39 is 18.0 Å². The molecule has 0 spiro atoms. The number of carbonyl (C=O) groups is 3. The van der Waals surface area contributed by atoms with Crippen LogP contribution in [0.1, 0.15) is 26.2 Å². The van der Waals surface area contributed by atoms with Crippen molar-refractivity contribution < 1.29 is 14.4 Å². The topological polar surface area (TPSA) is 105 Å². The highest BCUT2D eigenvalue weighted by Crippen LogP contribution is 2.08. The Morgan fingerprint density at radius 1 is 1.22 bits per heavy atom. The van der Waals surface area contributed by atoms with Crippen LogP contribution < -0.4 is 16.4 Å². The number of rotatable bonds is 4. The summed E-state index contributed by atoms with van der Waals surface area (Å²) in [6, 6.07) is -1.53. The van der Waals surface area contributed by atoms with Crippen LogP contribution in [0.3, 0.4) is 0 Å². The quantitative estimate of drug-likeness (QED) is 0.610. The van der Waals surface area contributed by atoms with Gasteiger partial charge in [-0.05, 0) is 26.2 Å². The van der Waals surface area contributed by atoms with Gasteiger partial charge in [-0.3, -0.25) is 20.2 Å². The van der Waals surface area contributed by atoms with Crippen molar-refractivity contribution in [2.75, 3.05) is 19.6 Å². The van der Waals surface area contributed by atoms with Crippen molar-refractivity contribution in [1.82, 2.24) is 15.5 Å². The lowest BCUT2D eigenvalue weighted by molar-refractivity contribution is -0.131. The van der Waals surface area contributed by atoms with Crippen LogP contribution in [0.4, 0.5) is 4.79 Å². The second kappa shape index (κ2) is 6.95. The van der Waals surface area contributed by atoms with Gasteiger partial charge in [-0.15, -0.1) is 0 Å². The van der Waals surface area contributed by atoms with Crippen molar-refractivity contribution in [1.29, 1.82) is 0 Å². The molecule has 0 aliphatic carbocycles. The molecule has 0 aromatic heterocycles. The Labute approximate surface area is 106 Å². The fourth-order valence-corrected chi connectivity index (χ4v) is 1.82. The molecule has 1 rings (SSSR count). The van der Waals surface area contributed by atoms with Crippen LogP contribution in [0.5, 0.6) is 0 Å². The molecule has 1 fully saturated rings. The first kappa shape index (κ1) is 14.4. The van der Waals surface area contributed by atoms with Gasteiger partial charge >= 0.3 is 6.03 Å². The third kappa shape index (κ3) is 4.70. The fourth-order valence-electron chi connectivity index (χ4n) is 1.82.